The van der Waals surface area contributed by atoms with Crippen LogP contribution in [0.5, 0.6) is 0 Å². The molecule has 0 heterocycles. The van der Waals surface area contributed by atoms with Gasteiger partial charge in [-0.3, -0.25) is 14.4 Å². The molecule has 0 fully saturated rings. The fourth-order valence-corrected chi connectivity index (χ4v) is 7.03. The molecule has 6 heteroatoms. The number of hydrogen-bond donors (Lipinski definition) is 0. The first-order valence-electron chi connectivity index (χ1n) is 23.5. The molecule has 0 spiro atoms. The van der Waals surface area contributed by atoms with E-state index in [1.54, 1.807) is 0 Å². The Morgan fingerprint density at radius 1 is 0.302 bits per heavy atom. The van der Waals surface area contributed by atoms with Crippen LogP contribution < -0.4 is 0 Å². The summed E-state index contributed by atoms with van der Waals surface area (Å²) >= 11 is 0. The van der Waals surface area contributed by atoms with E-state index in [0.717, 1.165) is 64.2 Å². The number of rotatable bonds is 43. The summed E-state index contributed by atoms with van der Waals surface area (Å²) in [5, 5.41) is 0. The molecule has 0 amide bonds. The molecule has 6 nitrogen and oxygen atoms in total. The van der Waals surface area contributed by atoms with E-state index < -0.39 is 6.10 Å². The van der Waals surface area contributed by atoms with Gasteiger partial charge in [0.15, 0.2) is 6.10 Å². The number of esters is 3. The first kappa shape index (κ1) is 51.4. The average molecular weight is 751 g/mol. The molecule has 0 aromatic rings. The second-order valence-electron chi connectivity index (χ2n) is 16.0. The maximum Gasteiger partial charge on any atom is 0.306 e. The molecular formula is C47H90O6. The third-order valence-corrected chi connectivity index (χ3v) is 10.6. The van der Waals surface area contributed by atoms with Crippen LogP contribution in [0.1, 0.15) is 265 Å². The summed E-state index contributed by atoms with van der Waals surface area (Å²) in [5.74, 6) is -0.867. The van der Waals surface area contributed by atoms with E-state index in [1.165, 1.54) is 161 Å². The zero-order valence-electron chi connectivity index (χ0n) is 35.8. The van der Waals surface area contributed by atoms with Crippen LogP contribution in [-0.2, 0) is 28.6 Å². The normalized spacial score (nSPS) is 11.8. The molecule has 0 aliphatic rings. The third kappa shape index (κ3) is 41.4. The quantitative estimate of drug-likeness (QED) is 0.0351. The monoisotopic (exact) mass is 751 g/mol. The molecule has 0 rings (SSSR count). The van der Waals surface area contributed by atoms with Crippen molar-refractivity contribution in [1.29, 1.82) is 0 Å². The average Bonchev–Trinajstić information content (AvgIpc) is 3.15. The summed E-state index contributed by atoms with van der Waals surface area (Å²) in [6.45, 7) is 6.57. The zero-order valence-corrected chi connectivity index (χ0v) is 35.8. The molecule has 0 bridgehead atoms. The molecular weight excluding hydrogens is 661 g/mol. The van der Waals surface area contributed by atoms with Gasteiger partial charge in [-0.2, -0.15) is 0 Å². The second kappa shape index (κ2) is 43.1. The van der Waals surface area contributed by atoms with Crippen LogP contribution in [-0.4, -0.2) is 37.2 Å². The predicted molar refractivity (Wildman–Crippen MR) is 224 cm³/mol. The summed E-state index contributed by atoms with van der Waals surface area (Å²) in [6, 6.07) is 0. The van der Waals surface area contributed by atoms with Crippen molar-refractivity contribution in [3.8, 4) is 0 Å². The highest BCUT2D eigenvalue weighted by Crippen LogP contribution is 2.16. The minimum Gasteiger partial charge on any atom is -0.462 e. The topological polar surface area (TPSA) is 78.9 Å². The van der Waals surface area contributed by atoms with E-state index in [1.807, 2.05) is 0 Å². The Morgan fingerprint density at radius 2 is 0.509 bits per heavy atom. The van der Waals surface area contributed by atoms with Crippen LogP contribution in [0.15, 0.2) is 0 Å². The molecule has 0 saturated carbocycles. The van der Waals surface area contributed by atoms with E-state index in [2.05, 4.69) is 20.8 Å². The third-order valence-electron chi connectivity index (χ3n) is 10.6. The van der Waals surface area contributed by atoms with Crippen LogP contribution in [0.25, 0.3) is 0 Å². The fourth-order valence-electron chi connectivity index (χ4n) is 7.03. The van der Waals surface area contributed by atoms with Gasteiger partial charge in [-0.05, 0) is 19.3 Å². The molecule has 53 heavy (non-hydrogen) atoms. The molecule has 0 aliphatic carbocycles. The van der Waals surface area contributed by atoms with Crippen LogP contribution in [0.4, 0.5) is 0 Å². The second-order valence-corrected chi connectivity index (χ2v) is 16.0. The molecule has 1 unspecified atom stereocenters. The lowest BCUT2D eigenvalue weighted by molar-refractivity contribution is -0.167. The number of carbonyl (C=O) groups is 3. The maximum absolute atomic E-state index is 12.6. The van der Waals surface area contributed by atoms with Crippen molar-refractivity contribution in [1.82, 2.24) is 0 Å². The van der Waals surface area contributed by atoms with Crippen molar-refractivity contribution in [2.24, 2.45) is 0 Å². The van der Waals surface area contributed by atoms with Crippen LogP contribution in [0, 0.1) is 0 Å². The zero-order chi connectivity index (χ0) is 38.7. The van der Waals surface area contributed by atoms with Crippen molar-refractivity contribution >= 4 is 17.9 Å². The molecule has 0 aromatic heterocycles. The van der Waals surface area contributed by atoms with Crippen molar-refractivity contribution in [3.05, 3.63) is 0 Å². The van der Waals surface area contributed by atoms with Gasteiger partial charge in [0.05, 0.1) is 0 Å². The molecule has 314 valence electrons. The maximum atomic E-state index is 12.6. The van der Waals surface area contributed by atoms with Gasteiger partial charge in [0.25, 0.3) is 0 Å². The molecule has 1 atom stereocenters. The minimum atomic E-state index is -0.756. The van der Waals surface area contributed by atoms with E-state index in [-0.39, 0.29) is 31.1 Å². The highest BCUT2D eigenvalue weighted by molar-refractivity contribution is 5.71. The largest absolute Gasteiger partial charge is 0.462 e. The summed E-state index contributed by atoms with van der Waals surface area (Å²) in [5.41, 5.74) is 0. The highest BCUT2D eigenvalue weighted by atomic mass is 16.6. The Hall–Kier alpha value is -1.59. The summed E-state index contributed by atoms with van der Waals surface area (Å²) in [7, 11) is 0. The summed E-state index contributed by atoms with van der Waals surface area (Å²) < 4.78 is 16.6. The van der Waals surface area contributed by atoms with Crippen LogP contribution in [0.3, 0.4) is 0 Å². The number of ether oxygens (including phenoxy) is 3. The van der Waals surface area contributed by atoms with E-state index in [0.29, 0.717) is 19.3 Å². The van der Waals surface area contributed by atoms with Crippen molar-refractivity contribution in [2.45, 2.75) is 271 Å². The van der Waals surface area contributed by atoms with Gasteiger partial charge in [-0.25, -0.2) is 0 Å². The first-order chi connectivity index (χ1) is 26.0. The van der Waals surface area contributed by atoms with E-state index in [4.69, 9.17) is 14.2 Å². The van der Waals surface area contributed by atoms with Crippen LogP contribution >= 0.6 is 0 Å². The molecule has 0 N–H and O–H groups in total. The van der Waals surface area contributed by atoms with Crippen molar-refractivity contribution in [2.75, 3.05) is 13.2 Å². The summed E-state index contributed by atoms with van der Waals surface area (Å²) in [4.78, 5) is 37.4. The highest BCUT2D eigenvalue weighted by Gasteiger charge is 2.19. The van der Waals surface area contributed by atoms with E-state index in [9.17, 15) is 14.4 Å². The lowest BCUT2D eigenvalue weighted by Crippen LogP contribution is -2.30. The minimum absolute atomic E-state index is 0.0639. The van der Waals surface area contributed by atoms with E-state index >= 15 is 0 Å². The van der Waals surface area contributed by atoms with Gasteiger partial charge in [0, 0.05) is 19.3 Å². The Labute approximate surface area is 329 Å². The summed E-state index contributed by atoms with van der Waals surface area (Å²) in [6.07, 6.45) is 44.1. The standard InChI is InChI=1S/C47H90O6/c1-4-7-10-13-15-17-19-20-21-22-23-24-25-26-27-28-30-31-34-37-40-46(49)52-43-44(42-51-45(48)39-36-33-12-9-6-3)53-47(50)41-38-35-32-29-18-16-14-11-8-5-2/h44H,4-43H2,1-3H3. The Bertz CT molecular complexity index is 783. The Morgan fingerprint density at radius 3 is 0.755 bits per heavy atom. The van der Waals surface area contributed by atoms with Gasteiger partial charge in [-0.15, -0.1) is 0 Å². The van der Waals surface area contributed by atoms with Gasteiger partial charge >= 0.3 is 17.9 Å². The molecule has 0 radical (unpaired) electrons. The first-order valence-corrected chi connectivity index (χ1v) is 23.5. The number of hydrogen-bond acceptors (Lipinski definition) is 6. The predicted octanol–water partition coefficient (Wildman–Crippen LogP) is 14.9. The van der Waals surface area contributed by atoms with Gasteiger partial charge in [-0.1, -0.05) is 226 Å². The number of unbranched alkanes of at least 4 members (excludes halogenated alkanes) is 32. The fraction of sp³-hybridized carbons (Fsp3) is 0.936. The smallest absolute Gasteiger partial charge is 0.306 e. The lowest BCUT2D eigenvalue weighted by Gasteiger charge is -2.18. The SMILES string of the molecule is CCCCCCCCCCCCCCCCCCCCCCC(=O)OCC(COC(=O)CCCCCCC)OC(=O)CCCCCCCCCCCC. The molecule has 0 saturated heterocycles. The molecule has 0 aliphatic heterocycles. The molecule has 0 aromatic carbocycles. The Balaban J connectivity index is 4.05. The van der Waals surface area contributed by atoms with Crippen molar-refractivity contribution < 1.29 is 28.6 Å². The van der Waals surface area contributed by atoms with Crippen molar-refractivity contribution in [3.63, 3.8) is 0 Å². The Kier molecular flexibility index (Phi) is 41.8. The van der Waals surface area contributed by atoms with Gasteiger partial charge in [0.2, 0.25) is 0 Å². The van der Waals surface area contributed by atoms with Gasteiger partial charge in [0.1, 0.15) is 13.2 Å². The van der Waals surface area contributed by atoms with Gasteiger partial charge < -0.3 is 14.2 Å². The van der Waals surface area contributed by atoms with Crippen LogP contribution in [0.2, 0.25) is 0 Å². The lowest BCUT2D eigenvalue weighted by atomic mass is 10.0. The number of carbonyl (C=O) groups excluding carboxylic acids is 3.